The summed E-state index contributed by atoms with van der Waals surface area (Å²) in [4.78, 5) is 73.7. The molecule has 53 heavy (non-hydrogen) atoms. The molecule has 18 nitrogen and oxygen atoms in total. The van der Waals surface area contributed by atoms with E-state index >= 15 is 0 Å². The van der Waals surface area contributed by atoms with Crippen molar-refractivity contribution in [2.24, 2.45) is 5.16 Å². The second-order valence-electron chi connectivity index (χ2n) is 12.3. The standard InChI is InChI=1S/C32H29ClN8O10S2/c1-32(2,30(49)50)51-38-21(18-12-53-31(34)36-18)26(45)37-22-27(46)41-23(29(47)48)15(11-52-28(22)41)9-39-10-16-4-3-14(8-40(16)13-39)7-35-25(44)17-5-6-19(42)24(43)20(17)33/h3-6,8,10,12-13,22,28H,7,9,11H2,1-2H3,(H7-,34,35,36,37,38,42,43,44,45,47,48,49,50)/p+1/t22-,28-/m1/s1. The van der Waals surface area contributed by atoms with Crippen molar-refractivity contribution in [3.8, 4) is 11.5 Å². The van der Waals surface area contributed by atoms with E-state index in [2.05, 4.69) is 20.8 Å². The maximum absolute atomic E-state index is 13.4. The summed E-state index contributed by atoms with van der Waals surface area (Å²) < 4.78 is 3.53. The molecule has 2 atom stereocenters. The van der Waals surface area contributed by atoms with E-state index in [9.17, 15) is 44.4 Å². The fourth-order valence-electron chi connectivity index (χ4n) is 5.38. The number of aliphatic carboxylic acids is 2. The van der Waals surface area contributed by atoms with E-state index in [1.54, 1.807) is 39.8 Å². The number of halogens is 1. The number of fused-ring (bicyclic) bond motifs is 2. The van der Waals surface area contributed by atoms with E-state index in [1.165, 1.54) is 37.1 Å². The van der Waals surface area contributed by atoms with E-state index in [0.29, 0.717) is 11.1 Å². The van der Waals surface area contributed by atoms with Crippen molar-refractivity contribution in [3.63, 3.8) is 0 Å². The van der Waals surface area contributed by atoms with Gasteiger partial charge < -0.3 is 41.6 Å². The number of anilines is 1. The molecule has 21 heteroatoms. The number of phenolic OH excluding ortho intramolecular Hbond substituents is 2. The van der Waals surface area contributed by atoms with Gasteiger partial charge in [-0.05, 0) is 38.1 Å². The lowest BCUT2D eigenvalue weighted by molar-refractivity contribution is -0.687. The Bertz CT molecular complexity index is 2270. The summed E-state index contributed by atoms with van der Waals surface area (Å²) in [5.41, 5.74) is 5.18. The van der Waals surface area contributed by atoms with Gasteiger partial charge in [-0.3, -0.25) is 19.3 Å². The van der Waals surface area contributed by atoms with Crippen molar-refractivity contribution in [3.05, 3.63) is 81.5 Å². The molecular formula is C32H30ClN8O10S2+. The molecule has 5 heterocycles. The molecule has 0 radical (unpaired) electrons. The van der Waals surface area contributed by atoms with Gasteiger partial charge in [-0.2, -0.15) is 0 Å². The van der Waals surface area contributed by atoms with Crippen LogP contribution in [-0.2, 0) is 37.1 Å². The van der Waals surface area contributed by atoms with E-state index in [1.807, 2.05) is 0 Å². The van der Waals surface area contributed by atoms with Gasteiger partial charge in [0.2, 0.25) is 11.9 Å². The zero-order valence-electron chi connectivity index (χ0n) is 27.6. The van der Waals surface area contributed by atoms with Crippen LogP contribution in [0.2, 0.25) is 5.02 Å². The number of thiazole rings is 1. The number of thioether (sulfide) groups is 1. The number of phenols is 2. The normalized spacial score (nSPS) is 17.3. The molecule has 1 aromatic carbocycles. The number of imidazole rings is 1. The number of pyridine rings is 1. The maximum Gasteiger partial charge on any atom is 0.352 e. The number of β-lactam (4-membered cyclic amide) rings is 1. The Morgan fingerprint density at radius 1 is 1.19 bits per heavy atom. The Morgan fingerprint density at radius 2 is 1.94 bits per heavy atom. The predicted molar refractivity (Wildman–Crippen MR) is 189 cm³/mol. The molecule has 4 aromatic rings. The number of carbonyl (C=O) groups excluding carboxylic acids is 3. The molecule has 0 spiro atoms. The number of amides is 3. The van der Waals surface area contributed by atoms with Crippen molar-refractivity contribution in [2.45, 2.75) is 44.0 Å². The Labute approximate surface area is 312 Å². The summed E-state index contributed by atoms with van der Waals surface area (Å²) in [6, 6.07) is 4.90. The zero-order valence-corrected chi connectivity index (χ0v) is 30.0. The number of nitrogen functional groups attached to an aromatic ring is 1. The van der Waals surface area contributed by atoms with Gasteiger partial charge in [-0.25, -0.2) is 23.5 Å². The maximum atomic E-state index is 13.4. The second-order valence-corrected chi connectivity index (χ2v) is 14.7. The van der Waals surface area contributed by atoms with Crippen LogP contribution in [0, 0.1) is 0 Å². The van der Waals surface area contributed by atoms with Crippen molar-refractivity contribution in [1.29, 1.82) is 0 Å². The first kappa shape index (κ1) is 36.9. The second kappa shape index (κ2) is 14.3. The lowest BCUT2D eigenvalue weighted by Crippen LogP contribution is -2.71. The molecule has 0 aliphatic carbocycles. The average Bonchev–Trinajstić information content (AvgIpc) is 3.73. The topological polar surface area (TPSA) is 262 Å². The quantitative estimate of drug-likeness (QED) is 0.0352. The number of aromatic hydroxyl groups is 2. The van der Waals surface area contributed by atoms with Crippen LogP contribution in [0.4, 0.5) is 5.13 Å². The third kappa shape index (κ3) is 7.28. The van der Waals surface area contributed by atoms with E-state index in [0.717, 1.165) is 27.8 Å². The summed E-state index contributed by atoms with van der Waals surface area (Å²) in [6.45, 7) is 2.68. The molecule has 276 valence electrons. The van der Waals surface area contributed by atoms with Crippen LogP contribution in [0.25, 0.3) is 5.52 Å². The molecule has 0 saturated carbocycles. The van der Waals surface area contributed by atoms with Gasteiger partial charge >= 0.3 is 11.9 Å². The molecule has 1 saturated heterocycles. The Balaban J connectivity index is 1.15. The number of carbonyl (C=O) groups is 5. The van der Waals surface area contributed by atoms with Gasteiger partial charge in [0.15, 0.2) is 27.9 Å². The van der Waals surface area contributed by atoms with Gasteiger partial charge in [-0.1, -0.05) is 16.8 Å². The van der Waals surface area contributed by atoms with E-state index in [4.69, 9.17) is 22.2 Å². The number of carboxylic acid groups (broad SMARTS) is 2. The lowest BCUT2D eigenvalue weighted by Gasteiger charge is -2.49. The minimum Gasteiger partial charge on any atom is -0.504 e. The minimum atomic E-state index is -1.80. The van der Waals surface area contributed by atoms with Crippen LogP contribution in [-0.4, -0.2) is 92.9 Å². The van der Waals surface area contributed by atoms with Crippen molar-refractivity contribution in [2.75, 3.05) is 11.5 Å². The molecule has 2 aliphatic heterocycles. The molecule has 8 N–H and O–H groups in total. The molecule has 2 aliphatic rings. The van der Waals surface area contributed by atoms with E-state index < -0.39 is 63.9 Å². The molecular weight excluding hydrogens is 756 g/mol. The largest absolute Gasteiger partial charge is 0.504 e. The predicted octanol–water partition coefficient (Wildman–Crippen LogP) is 1.28. The van der Waals surface area contributed by atoms with Gasteiger partial charge in [-0.15, -0.1) is 23.1 Å². The van der Waals surface area contributed by atoms with Crippen molar-refractivity contribution < 1.29 is 53.8 Å². The smallest absolute Gasteiger partial charge is 0.352 e. The molecule has 0 unspecified atom stereocenters. The molecule has 3 aromatic heterocycles. The minimum absolute atomic E-state index is 0.00600. The third-order valence-corrected chi connectivity index (χ3v) is 10.6. The summed E-state index contributed by atoms with van der Waals surface area (Å²) in [5, 5.41) is 48.5. The number of nitrogens with one attached hydrogen (secondary N) is 2. The Kier molecular flexibility index (Phi) is 9.95. The third-order valence-electron chi connectivity index (χ3n) is 8.20. The first-order chi connectivity index (χ1) is 25.0. The number of nitrogens with zero attached hydrogens (tertiary/aromatic N) is 5. The zero-order chi connectivity index (χ0) is 38.4. The fraction of sp³-hybridized carbons (Fsp3) is 0.250. The number of oxime groups is 1. The SMILES string of the molecule is CC(C)(O/N=C(\C(=O)N[C@@H]1C(=O)N2C(C(=O)O)=C(C[n+]3cc4ccc(CNC(=O)c5ccc(O)c(O)c5Cl)cn4c3)CS[C@H]12)c1csc(N)n1)C(=O)O. The monoisotopic (exact) mass is 785 g/mol. The summed E-state index contributed by atoms with van der Waals surface area (Å²) in [6.07, 6.45) is 5.27. The van der Waals surface area contributed by atoms with Crippen LogP contribution >= 0.6 is 34.7 Å². The molecule has 1 fully saturated rings. The molecule has 0 bridgehead atoms. The van der Waals surface area contributed by atoms with Crippen molar-refractivity contribution >= 4 is 80.7 Å². The molecule has 3 amide bonds. The molecule has 6 rings (SSSR count). The first-order valence-electron chi connectivity index (χ1n) is 15.5. The van der Waals surface area contributed by atoms with Crippen LogP contribution in [0.5, 0.6) is 11.5 Å². The number of aromatic nitrogens is 3. The van der Waals surface area contributed by atoms with Gasteiger partial charge in [0.25, 0.3) is 17.7 Å². The highest BCUT2D eigenvalue weighted by molar-refractivity contribution is 8.00. The fourth-order valence-corrected chi connectivity index (χ4v) is 7.51. The highest BCUT2D eigenvalue weighted by atomic mass is 35.5. The first-order valence-corrected chi connectivity index (χ1v) is 17.8. The highest BCUT2D eigenvalue weighted by Gasteiger charge is 2.54. The van der Waals surface area contributed by atoms with Crippen LogP contribution in [0.1, 0.15) is 35.5 Å². The van der Waals surface area contributed by atoms with Gasteiger partial charge in [0.05, 0.1) is 10.6 Å². The van der Waals surface area contributed by atoms with Crippen LogP contribution in [0.3, 0.4) is 0 Å². The summed E-state index contributed by atoms with van der Waals surface area (Å²) in [7, 11) is 0. The van der Waals surface area contributed by atoms with Crippen LogP contribution < -0.4 is 20.9 Å². The van der Waals surface area contributed by atoms with Gasteiger partial charge in [0.1, 0.15) is 41.7 Å². The number of rotatable bonds is 12. The van der Waals surface area contributed by atoms with Crippen molar-refractivity contribution in [1.82, 2.24) is 24.9 Å². The summed E-state index contributed by atoms with van der Waals surface area (Å²) >= 11 is 8.26. The van der Waals surface area contributed by atoms with Gasteiger partial charge in [0, 0.05) is 28.8 Å². The number of carboxylic acids is 2. The van der Waals surface area contributed by atoms with Crippen LogP contribution in [0.15, 0.2) is 64.8 Å². The highest BCUT2D eigenvalue weighted by Crippen LogP contribution is 2.40. The summed E-state index contributed by atoms with van der Waals surface area (Å²) in [5.74, 6) is -5.64. The number of nitrogens with two attached hydrogens (primary N) is 1. The number of hydrogen-bond acceptors (Lipinski definition) is 13. The average molecular weight is 786 g/mol. The number of benzene rings is 1. The lowest BCUT2D eigenvalue weighted by atomic mass is 10.0. The Morgan fingerprint density at radius 3 is 2.62 bits per heavy atom. The number of hydrogen-bond donors (Lipinski definition) is 7. The Hall–Kier alpha value is -5.86. The van der Waals surface area contributed by atoms with E-state index in [-0.39, 0.29) is 46.0 Å².